The van der Waals surface area contributed by atoms with E-state index in [1.807, 2.05) is 13.8 Å². The first-order valence-corrected chi connectivity index (χ1v) is 10.1. The van der Waals surface area contributed by atoms with Crippen molar-refractivity contribution in [1.29, 1.82) is 0 Å². The SMILES string of the molecule is CC.CCOC(=O)C1(c2ccc([N+](=O)[O-])cc2F)CCN(C(=O)OC(C)(C)C)CC1. The average Bonchev–Trinajstić information content (AvgIpc) is 2.68. The number of non-ortho nitro benzene ring substituents is 1. The van der Waals surface area contributed by atoms with Gasteiger partial charge in [0.15, 0.2) is 0 Å². The Kier molecular flexibility index (Phi) is 8.74. The molecular weight excluding hydrogens is 395 g/mol. The Morgan fingerprint density at radius 1 is 1.23 bits per heavy atom. The Hall–Kier alpha value is -2.71. The highest BCUT2D eigenvalue weighted by Crippen LogP contribution is 2.39. The lowest BCUT2D eigenvalue weighted by molar-refractivity contribution is -0.385. The molecule has 168 valence electrons. The van der Waals surface area contributed by atoms with Gasteiger partial charge in [-0.05, 0) is 46.6 Å². The second kappa shape index (κ2) is 10.4. The normalized spacial score (nSPS) is 15.5. The van der Waals surface area contributed by atoms with Crippen molar-refractivity contribution < 1.29 is 28.4 Å². The molecule has 1 aliphatic rings. The van der Waals surface area contributed by atoms with Gasteiger partial charge in [0.2, 0.25) is 0 Å². The van der Waals surface area contributed by atoms with Gasteiger partial charge in [0.25, 0.3) is 5.69 Å². The molecule has 1 aliphatic heterocycles. The number of rotatable bonds is 4. The van der Waals surface area contributed by atoms with Crippen molar-refractivity contribution in [2.24, 2.45) is 0 Å². The van der Waals surface area contributed by atoms with Crippen molar-refractivity contribution in [3.63, 3.8) is 0 Å². The molecule has 8 nitrogen and oxygen atoms in total. The van der Waals surface area contributed by atoms with Crippen molar-refractivity contribution >= 4 is 17.7 Å². The van der Waals surface area contributed by atoms with E-state index in [-0.39, 0.29) is 38.1 Å². The predicted molar refractivity (Wildman–Crippen MR) is 110 cm³/mol. The lowest BCUT2D eigenvalue weighted by atomic mass is 9.72. The summed E-state index contributed by atoms with van der Waals surface area (Å²) >= 11 is 0. The molecule has 1 amide bonds. The monoisotopic (exact) mass is 426 g/mol. The van der Waals surface area contributed by atoms with E-state index in [0.29, 0.717) is 0 Å². The third-order valence-corrected chi connectivity index (χ3v) is 4.61. The number of ether oxygens (including phenoxy) is 2. The van der Waals surface area contributed by atoms with Crippen LogP contribution < -0.4 is 0 Å². The van der Waals surface area contributed by atoms with Crippen LogP contribution in [0.4, 0.5) is 14.9 Å². The number of carbonyl (C=O) groups excluding carboxylic acids is 2. The molecule has 30 heavy (non-hydrogen) atoms. The molecule has 1 heterocycles. The summed E-state index contributed by atoms with van der Waals surface area (Å²) in [6.07, 6.45) is -0.256. The maximum atomic E-state index is 14.7. The van der Waals surface area contributed by atoms with Gasteiger partial charge in [0.05, 0.1) is 23.0 Å². The molecule has 0 unspecified atom stereocenters. The van der Waals surface area contributed by atoms with Gasteiger partial charge in [-0.1, -0.05) is 13.8 Å². The third kappa shape index (κ3) is 5.90. The zero-order valence-corrected chi connectivity index (χ0v) is 18.5. The molecule has 0 N–H and O–H groups in total. The van der Waals surface area contributed by atoms with Crippen molar-refractivity contribution in [3.05, 3.63) is 39.7 Å². The highest BCUT2D eigenvalue weighted by molar-refractivity contribution is 5.84. The zero-order chi connectivity index (χ0) is 23.1. The van der Waals surface area contributed by atoms with Crippen molar-refractivity contribution in [3.8, 4) is 0 Å². The number of nitrogens with zero attached hydrogens (tertiary/aromatic N) is 2. The summed E-state index contributed by atoms with van der Waals surface area (Å²) in [4.78, 5) is 36.7. The van der Waals surface area contributed by atoms with Crippen LogP contribution in [0.1, 0.15) is 59.9 Å². The quantitative estimate of drug-likeness (QED) is 0.397. The molecule has 1 aromatic rings. The maximum Gasteiger partial charge on any atom is 0.410 e. The fourth-order valence-corrected chi connectivity index (χ4v) is 3.26. The Bertz CT molecular complexity index is 767. The van der Waals surface area contributed by atoms with E-state index >= 15 is 0 Å². The molecule has 1 fully saturated rings. The molecular formula is C21H31FN2O6. The number of likely N-dealkylation sites (tertiary alicyclic amines) is 1. The molecule has 0 radical (unpaired) electrons. The molecule has 2 rings (SSSR count). The number of halogens is 1. The van der Waals surface area contributed by atoms with Crippen LogP contribution in [0.15, 0.2) is 18.2 Å². The van der Waals surface area contributed by atoms with Gasteiger partial charge < -0.3 is 14.4 Å². The highest BCUT2D eigenvalue weighted by Gasteiger charge is 2.47. The Morgan fingerprint density at radius 3 is 2.23 bits per heavy atom. The van der Waals surface area contributed by atoms with E-state index in [1.54, 1.807) is 27.7 Å². The Balaban J connectivity index is 0.00000218. The first kappa shape index (κ1) is 25.3. The second-order valence-corrected chi connectivity index (χ2v) is 7.69. The predicted octanol–water partition coefficient (Wildman–Crippen LogP) is 4.59. The minimum absolute atomic E-state index is 0.0420. The summed E-state index contributed by atoms with van der Waals surface area (Å²) in [6.45, 7) is 11.4. The van der Waals surface area contributed by atoms with Crippen LogP contribution >= 0.6 is 0 Å². The van der Waals surface area contributed by atoms with Crippen LogP contribution in [0.2, 0.25) is 0 Å². The van der Waals surface area contributed by atoms with Crippen LogP contribution in [0.5, 0.6) is 0 Å². The standard InChI is InChI=1S/C19H25FN2O6.C2H6/c1-5-27-16(23)19(14-7-6-13(22(25)26)12-15(14)20)8-10-21(11-9-19)17(24)28-18(2,3)4;1-2/h6-7,12H,5,8-11H2,1-4H3;1-2H3. The number of piperidine rings is 1. The Morgan fingerprint density at radius 2 is 1.80 bits per heavy atom. The van der Waals surface area contributed by atoms with Crippen LogP contribution in [0, 0.1) is 15.9 Å². The molecule has 0 saturated carbocycles. The van der Waals surface area contributed by atoms with E-state index in [9.17, 15) is 24.1 Å². The number of hydrogen-bond donors (Lipinski definition) is 0. The van der Waals surface area contributed by atoms with Gasteiger partial charge in [-0.25, -0.2) is 9.18 Å². The molecule has 1 aromatic carbocycles. The maximum absolute atomic E-state index is 14.7. The van der Waals surface area contributed by atoms with Gasteiger partial charge in [0, 0.05) is 24.7 Å². The first-order valence-electron chi connectivity index (χ1n) is 10.1. The Labute approximate surface area is 176 Å². The number of hydrogen-bond acceptors (Lipinski definition) is 6. The molecule has 0 spiro atoms. The summed E-state index contributed by atoms with van der Waals surface area (Å²) in [7, 11) is 0. The van der Waals surface area contributed by atoms with Crippen molar-refractivity contribution in [1.82, 2.24) is 4.90 Å². The lowest BCUT2D eigenvalue weighted by Crippen LogP contribution is -2.51. The third-order valence-electron chi connectivity index (χ3n) is 4.61. The first-order chi connectivity index (χ1) is 14.0. The number of esters is 1. The topological polar surface area (TPSA) is 99.0 Å². The van der Waals surface area contributed by atoms with Gasteiger partial charge in [-0.15, -0.1) is 0 Å². The minimum atomic E-state index is -1.31. The van der Waals surface area contributed by atoms with Gasteiger partial charge in [-0.2, -0.15) is 0 Å². The number of amides is 1. The smallest absolute Gasteiger partial charge is 0.410 e. The van der Waals surface area contributed by atoms with E-state index in [0.717, 1.165) is 6.07 Å². The van der Waals surface area contributed by atoms with E-state index in [4.69, 9.17) is 9.47 Å². The van der Waals surface area contributed by atoms with E-state index < -0.39 is 39.5 Å². The highest BCUT2D eigenvalue weighted by atomic mass is 19.1. The van der Waals surface area contributed by atoms with Crippen LogP contribution in [-0.4, -0.2) is 47.2 Å². The minimum Gasteiger partial charge on any atom is -0.465 e. The molecule has 9 heteroatoms. The fraction of sp³-hybridized carbons (Fsp3) is 0.619. The zero-order valence-electron chi connectivity index (χ0n) is 18.5. The summed E-state index contributed by atoms with van der Waals surface area (Å²) < 4.78 is 25.2. The summed E-state index contributed by atoms with van der Waals surface area (Å²) in [5.41, 5.74) is -2.32. The van der Waals surface area contributed by atoms with Crippen LogP contribution in [0.3, 0.4) is 0 Å². The van der Waals surface area contributed by atoms with Gasteiger partial charge in [0.1, 0.15) is 11.4 Å². The lowest BCUT2D eigenvalue weighted by Gasteiger charge is -2.40. The van der Waals surface area contributed by atoms with E-state index in [2.05, 4.69) is 0 Å². The number of nitro benzene ring substituents is 1. The summed E-state index contributed by atoms with van der Waals surface area (Å²) in [6, 6.07) is 3.23. The van der Waals surface area contributed by atoms with Crippen LogP contribution in [-0.2, 0) is 19.7 Å². The number of benzene rings is 1. The van der Waals surface area contributed by atoms with Gasteiger partial charge in [-0.3, -0.25) is 14.9 Å². The van der Waals surface area contributed by atoms with Gasteiger partial charge >= 0.3 is 12.1 Å². The summed E-state index contributed by atoms with van der Waals surface area (Å²) in [5.74, 6) is -1.44. The molecule has 0 aliphatic carbocycles. The molecule has 1 saturated heterocycles. The largest absolute Gasteiger partial charge is 0.465 e. The average molecular weight is 426 g/mol. The van der Waals surface area contributed by atoms with E-state index in [1.165, 1.54) is 17.0 Å². The second-order valence-electron chi connectivity index (χ2n) is 7.69. The molecule has 0 atom stereocenters. The number of carbonyl (C=O) groups is 2. The molecule has 0 aromatic heterocycles. The fourth-order valence-electron chi connectivity index (χ4n) is 3.26. The summed E-state index contributed by atoms with van der Waals surface area (Å²) in [5, 5.41) is 10.9. The van der Waals surface area contributed by atoms with Crippen molar-refractivity contribution in [2.45, 2.75) is 65.4 Å². The number of nitro groups is 1. The van der Waals surface area contributed by atoms with Crippen LogP contribution in [0.25, 0.3) is 0 Å². The molecule has 0 bridgehead atoms. The van der Waals surface area contributed by atoms with Crippen molar-refractivity contribution in [2.75, 3.05) is 19.7 Å².